The zero-order chi connectivity index (χ0) is 19.7. The van der Waals surface area contributed by atoms with Gasteiger partial charge < -0.3 is 10.6 Å². The summed E-state index contributed by atoms with van der Waals surface area (Å²) in [5.74, 6) is -0.872. The minimum Gasteiger partial charge on any atom is -0.349 e. The fourth-order valence-electron chi connectivity index (χ4n) is 3.62. The van der Waals surface area contributed by atoms with Crippen LogP contribution in [0.5, 0.6) is 0 Å². The maximum absolute atomic E-state index is 14.4. The van der Waals surface area contributed by atoms with Gasteiger partial charge in [-0.15, -0.1) is 0 Å². The summed E-state index contributed by atoms with van der Waals surface area (Å²) in [6.07, 6.45) is 7.83. The van der Waals surface area contributed by atoms with Crippen LogP contribution in [0.25, 0.3) is 11.1 Å². The van der Waals surface area contributed by atoms with E-state index in [1.807, 2.05) is 0 Å². The van der Waals surface area contributed by atoms with Gasteiger partial charge in [-0.25, -0.2) is 4.39 Å². The Morgan fingerprint density at radius 1 is 1.00 bits per heavy atom. The number of hydrogen-bond donors (Lipinski definition) is 2. The third-order valence-corrected chi connectivity index (χ3v) is 5.52. The molecule has 0 aliphatic heterocycles. The average Bonchev–Trinajstić information content (AvgIpc) is 3.36. The molecule has 2 N–H and O–H groups in total. The summed E-state index contributed by atoms with van der Waals surface area (Å²) in [5, 5.41) is 5.89. The highest BCUT2D eigenvalue weighted by molar-refractivity contribution is 5.96. The summed E-state index contributed by atoms with van der Waals surface area (Å²) < 4.78 is 14.4. The molecule has 2 aliphatic rings. The molecule has 5 nitrogen and oxygen atoms in total. The third-order valence-electron chi connectivity index (χ3n) is 5.52. The molecule has 1 aromatic carbocycles. The van der Waals surface area contributed by atoms with Crippen molar-refractivity contribution in [2.45, 2.75) is 57.5 Å². The van der Waals surface area contributed by atoms with Gasteiger partial charge in [0.05, 0.1) is 0 Å². The van der Waals surface area contributed by atoms with E-state index in [0.717, 1.165) is 38.5 Å². The largest absolute Gasteiger partial charge is 0.349 e. The zero-order valence-corrected chi connectivity index (χ0v) is 15.9. The van der Waals surface area contributed by atoms with Gasteiger partial charge in [0.2, 0.25) is 0 Å². The number of nitrogens with zero attached hydrogens (tertiary/aromatic N) is 1. The molecule has 0 unspecified atom stereocenters. The van der Waals surface area contributed by atoms with E-state index in [1.54, 1.807) is 31.3 Å². The number of halogens is 1. The van der Waals surface area contributed by atoms with Gasteiger partial charge in [0.25, 0.3) is 11.8 Å². The molecule has 0 atom stereocenters. The first-order valence-corrected chi connectivity index (χ1v) is 9.89. The number of aromatic nitrogens is 1. The van der Waals surface area contributed by atoms with Gasteiger partial charge in [-0.1, -0.05) is 18.9 Å². The Morgan fingerprint density at radius 3 is 2.32 bits per heavy atom. The number of pyridine rings is 1. The van der Waals surface area contributed by atoms with E-state index in [0.29, 0.717) is 27.9 Å². The van der Waals surface area contributed by atoms with Crippen molar-refractivity contribution < 1.29 is 14.0 Å². The smallest absolute Gasteiger partial charge is 0.270 e. The number of amides is 2. The van der Waals surface area contributed by atoms with Crippen LogP contribution in [0, 0.1) is 12.7 Å². The Labute approximate surface area is 163 Å². The van der Waals surface area contributed by atoms with Gasteiger partial charge >= 0.3 is 0 Å². The second-order valence-corrected chi connectivity index (χ2v) is 7.77. The lowest BCUT2D eigenvalue weighted by Crippen LogP contribution is -2.33. The van der Waals surface area contributed by atoms with Crippen LogP contribution in [0.2, 0.25) is 0 Å². The molecule has 28 heavy (non-hydrogen) atoms. The quantitative estimate of drug-likeness (QED) is 0.828. The number of carbonyl (C=O) groups is 2. The van der Waals surface area contributed by atoms with Crippen molar-refractivity contribution in [3.05, 3.63) is 53.1 Å². The monoisotopic (exact) mass is 381 g/mol. The first kappa shape index (κ1) is 18.6. The maximum Gasteiger partial charge on any atom is 0.270 e. The minimum atomic E-state index is -0.429. The third kappa shape index (κ3) is 4.06. The number of carbonyl (C=O) groups excluding carboxylic acids is 2. The molecule has 0 saturated heterocycles. The number of benzene rings is 1. The van der Waals surface area contributed by atoms with E-state index < -0.39 is 5.82 Å². The van der Waals surface area contributed by atoms with Crippen molar-refractivity contribution in [2.24, 2.45) is 0 Å². The molecule has 2 aromatic rings. The Hall–Kier alpha value is -2.76. The van der Waals surface area contributed by atoms with Crippen LogP contribution < -0.4 is 10.6 Å². The molecule has 2 fully saturated rings. The van der Waals surface area contributed by atoms with Crippen LogP contribution in [0.15, 0.2) is 30.5 Å². The highest BCUT2D eigenvalue weighted by atomic mass is 19.1. The Bertz CT molecular complexity index is 901. The molecule has 2 amide bonds. The molecular formula is C22H24FN3O2. The van der Waals surface area contributed by atoms with E-state index >= 15 is 0 Å². The van der Waals surface area contributed by atoms with E-state index in [1.165, 1.54) is 6.07 Å². The predicted molar refractivity (Wildman–Crippen MR) is 105 cm³/mol. The van der Waals surface area contributed by atoms with Crippen LogP contribution in [0.4, 0.5) is 4.39 Å². The van der Waals surface area contributed by atoms with Crippen LogP contribution in [0.1, 0.15) is 64.9 Å². The molecule has 0 radical (unpaired) electrons. The van der Waals surface area contributed by atoms with E-state index in [4.69, 9.17) is 0 Å². The highest BCUT2D eigenvalue weighted by Crippen LogP contribution is 2.27. The van der Waals surface area contributed by atoms with Gasteiger partial charge in [0.15, 0.2) is 0 Å². The lowest BCUT2D eigenvalue weighted by Gasteiger charge is -2.13. The molecule has 6 heteroatoms. The summed E-state index contributed by atoms with van der Waals surface area (Å²) in [7, 11) is 0. The first-order chi connectivity index (χ1) is 13.5. The van der Waals surface area contributed by atoms with Crippen molar-refractivity contribution in [2.75, 3.05) is 0 Å². The summed E-state index contributed by atoms with van der Waals surface area (Å²) >= 11 is 0. The predicted octanol–water partition coefficient (Wildman–Crippen LogP) is 3.76. The molecule has 146 valence electrons. The summed E-state index contributed by atoms with van der Waals surface area (Å²) in [6.45, 7) is 1.67. The van der Waals surface area contributed by atoms with Crippen LogP contribution >= 0.6 is 0 Å². The normalized spacial score (nSPS) is 16.8. The maximum atomic E-state index is 14.4. The van der Waals surface area contributed by atoms with Crippen molar-refractivity contribution in [3.63, 3.8) is 0 Å². The fourth-order valence-corrected chi connectivity index (χ4v) is 3.62. The minimum absolute atomic E-state index is 0.182. The highest BCUT2D eigenvalue weighted by Gasteiger charge is 2.25. The van der Waals surface area contributed by atoms with Crippen molar-refractivity contribution in [1.29, 1.82) is 0 Å². The standard InChI is InChI=1S/C22H24FN3O2/c1-13-18(10-15(11-19(13)23)21(27)25-17-7-8-17)14-6-9-20(24-12-14)22(28)26-16-4-2-3-5-16/h6,9-12,16-17H,2-5,7-8H2,1H3,(H,25,27)(H,26,28). The van der Waals surface area contributed by atoms with Crippen molar-refractivity contribution >= 4 is 11.8 Å². The van der Waals surface area contributed by atoms with Gasteiger partial charge in [-0.2, -0.15) is 0 Å². The lowest BCUT2D eigenvalue weighted by atomic mass is 9.98. The van der Waals surface area contributed by atoms with Gasteiger partial charge in [0, 0.05) is 29.4 Å². The van der Waals surface area contributed by atoms with Gasteiger partial charge in [-0.3, -0.25) is 14.6 Å². The average molecular weight is 381 g/mol. The van der Waals surface area contributed by atoms with Gasteiger partial charge in [-0.05, 0) is 61.9 Å². The van der Waals surface area contributed by atoms with Crippen LogP contribution in [-0.2, 0) is 0 Å². The molecule has 1 aromatic heterocycles. The summed E-state index contributed by atoms with van der Waals surface area (Å²) in [4.78, 5) is 28.9. The molecule has 2 aliphatic carbocycles. The molecule has 0 bridgehead atoms. The summed E-state index contributed by atoms with van der Waals surface area (Å²) in [6, 6.07) is 6.79. The zero-order valence-electron chi connectivity index (χ0n) is 15.9. The topological polar surface area (TPSA) is 71.1 Å². The Morgan fingerprint density at radius 2 is 1.68 bits per heavy atom. The Kier molecular flexibility index (Phi) is 5.11. The molecular weight excluding hydrogens is 357 g/mol. The van der Waals surface area contributed by atoms with Crippen LogP contribution in [0.3, 0.4) is 0 Å². The number of rotatable bonds is 5. The van der Waals surface area contributed by atoms with Crippen LogP contribution in [-0.4, -0.2) is 28.9 Å². The molecule has 0 spiro atoms. The molecule has 4 rings (SSSR count). The SMILES string of the molecule is Cc1c(F)cc(C(=O)NC2CC2)cc1-c1ccc(C(=O)NC2CCCC2)nc1. The second kappa shape index (κ2) is 7.70. The van der Waals surface area contributed by atoms with E-state index in [2.05, 4.69) is 15.6 Å². The second-order valence-electron chi connectivity index (χ2n) is 7.77. The van der Waals surface area contributed by atoms with Crippen molar-refractivity contribution in [1.82, 2.24) is 15.6 Å². The first-order valence-electron chi connectivity index (χ1n) is 9.89. The number of hydrogen-bond acceptors (Lipinski definition) is 3. The van der Waals surface area contributed by atoms with Gasteiger partial charge in [0.1, 0.15) is 11.5 Å². The summed E-state index contributed by atoms with van der Waals surface area (Å²) in [5.41, 5.74) is 2.38. The van der Waals surface area contributed by atoms with Crippen molar-refractivity contribution in [3.8, 4) is 11.1 Å². The number of nitrogens with one attached hydrogen (secondary N) is 2. The fraction of sp³-hybridized carbons (Fsp3) is 0.409. The van der Waals surface area contributed by atoms with E-state index in [-0.39, 0.29) is 23.9 Å². The molecule has 2 saturated carbocycles. The molecule has 1 heterocycles. The van der Waals surface area contributed by atoms with E-state index in [9.17, 15) is 14.0 Å². The lowest BCUT2D eigenvalue weighted by molar-refractivity contribution is 0.0929. The Balaban J connectivity index is 1.55.